The summed E-state index contributed by atoms with van der Waals surface area (Å²) in [6, 6.07) is 5.20. The first-order chi connectivity index (χ1) is 7.30. The average molecular weight is 243 g/mol. The molecule has 1 aromatic rings. The number of carbonyl (C=O) groups is 1. The fraction of sp³-hybridized carbons (Fsp3) is 0.222. The number of hydrogen-bond acceptors (Lipinski definition) is 4. The van der Waals surface area contributed by atoms with Crippen LogP contribution in [0.1, 0.15) is 6.92 Å². The van der Waals surface area contributed by atoms with E-state index in [0.717, 1.165) is 0 Å². The molecule has 16 heavy (non-hydrogen) atoms. The number of carbonyl (C=O) groups excluding carboxylic acids is 1. The second-order valence-corrected chi connectivity index (χ2v) is 4.90. The quantitative estimate of drug-likeness (QED) is 0.668. The fourth-order valence-corrected chi connectivity index (χ4v) is 1.58. The van der Waals surface area contributed by atoms with Crippen molar-refractivity contribution in [2.24, 2.45) is 10.9 Å². The van der Waals surface area contributed by atoms with Gasteiger partial charge in [-0.2, -0.15) is 0 Å². The number of sulfonamides is 1. The van der Waals surface area contributed by atoms with Gasteiger partial charge in [-0.15, -0.1) is 0 Å². The Hall–Kier alpha value is -1.60. The summed E-state index contributed by atoms with van der Waals surface area (Å²) in [6.45, 7) is 1.61. The number of primary amides is 1. The molecule has 1 aromatic carbocycles. The first-order valence-corrected chi connectivity index (χ1v) is 6.04. The molecule has 0 heterocycles. The molecule has 0 aliphatic rings. The zero-order valence-electron chi connectivity index (χ0n) is 8.67. The highest BCUT2D eigenvalue weighted by Crippen LogP contribution is 2.13. The monoisotopic (exact) mass is 243 g/mol. The summed E-state index contributed by atoms with van der Waals surface area (Å²) in [5.74, 6) is -0.490. The van der Waals surface area contributed by atoms with Crippen molar-refractivity contribution in [1.29, 1.82) is 0 Å². The van der Waals surface area contributed by atoms with E-state index >= 15 is 0 Å². The van der Waals surface area contributed by atoms with Crippen LogP contribution in [-0.4, -0.2) is 20.4 Å². The van der Waals surface area contributed by atoms with Crippen LogP contribution < -0.4 is 16.2 Å². The van der Waals surface area contributed by atoms with E-state index in [-0.39, 0.29) is 4.90 Å². The van der Waals surface area contributed by atoms with Gasteiger partial charge in [0.05, 0.1) is 4.90 Å². The standard InChI is InChI=1S/C9H13N3O3S/c1-6(9(10)13)12-7-2-4-8(5-3-7)16(11,14)15/h2-6,12H,1H3,(H2,10,13)(H2,11,14,15). The highest BCUT2D eigenvalue weighted by atomic mass is 32.2. The number of primary sulfonamides is 1. The van der Waals surface area contributed by atoms with Gasteiger partial charge < -0.3 is 11.1 Å². The van der Waals surface area contributed by atoms with Crippen LogP contribution in [-0.2, 0) is 14.8 Å². The van der Waals surface area contributed by atoms with E-state index < -0.39 is 22.0 Å². The van der Waals surface area contributed by atoms with Crippen molar-refractivity contribution in [2.45, 2.75) is 17.9 Å². The largest absolute Gasteiger partial charge is 0.374 e. The second-order valence-electron chi connectivity index (χ2n) is 3.34. The molecule has 1 unspecified atom stereocenters. The molecule has 0 spiro atoms. The van der Waals surface area contributed by atoms with Crippen LogP contribution in [0.3, 0.4) is 0 Å². The molecule has 7 heteroatoms. The SMILES string of the molecule is CC(Nc1ccc(S(N)(=O)=O)cc1)C(N)=O. The third-order valence-corrected chi connectivity index (χ3v) is 2.92. The Labute approximate surface area is 93.7 Å². The third kappa shape index (κ3) is 3.21. The van der Waals surface area contributed by atoms with Gasteiger partial charge in [0.15, 0.2) is 0 Å². The van der Waals surface area contributed by atoms with Crippen LogP contribution >= 0.6 is 0 Å². The normalized spacial score (nSPS) is 13.1. The number of hydrogen-bond donors (Lipinski definition) is 3. The van der Waals surface area contributed by atoms with E-state index in [2.05, 4.69) is 5.32 Å². The van der Waals surface area contributed by atoms with Crippen molar-refractivity contribution < 1.29 is 13.2 Å². The average Bonchev–Trinajstić information content (AvgIpc) is 2.17. The Balaban J connectivity index is 2.84. The number of nitrogens with one attached hydrogen (secondary N) is 1. The summed E-state index contributed by atoms with van der Waals surface area (Å²) in [6.07, 6.45) is 0. The first kappa shape index (κ1) is 12.5. The Morgan fingerprint density at radius 3 is 2.19 bits per heavy atom. The van der Waals surface area contributed by atoms with E-state index in [4.69, 9.17) is 10.9 Å². The van der Waals surface area contributed by atoms with Gasteiger partial charge in [0.1, 0.15) is 6.04 Å². The predicted octanol–water partition coefficient (Wildman–Crippen LogP) is -0.380. The lowest BCUT2D eigenvalue weighted by Crippen LogP contribution is -2.32. The van der Waals surface area contributed by atoms with Gasteiger partial charge in [-0.25, -0.2) is 13.6 Å². The molecule has 1 atom stereocenters. The minimum absolute atomic E-state index is 0.0183. The lowest BCUT2D eigenvalue weighted by molar-refractivity contribution is -0.118. The lowest BCUT2D eigenvalue weighted by atomic mass is 10.2. The molecule has 0 bridgehead atoms. The van der Waals surface area contributed by atoms with Gasteiger partial charge in [-0.1, -0.05) is 0 Å². The molecule has 0 fully saturated rings. The molecule has 5 N–H and O–H groups in total. The van der Waals surface area contributed by atoms with Gasteiger partial charge >= 0.3 is 0 Å². The number of benzene rings is 1. The van der Waals surface area contributed by atoms with Crippen LogP contribution in [0.5, 0.6) is 0 Å². The summed E-state index contributed by atoms with van der Waals surface area (Å²) in [5, 5.41) is 7.74. The molecule has 0 saturated heterocycles. The van der Waals surface area contributed by atoms with Crippen molar-refractivity contribution in [3.05, 3.63) is 24.3 Å². The van der Waals surface area contributed by atoms with Crippen LogP contribution in [0.15, 0.2) is 29.2 Å². The van der Waals surface area contributed by atoms with Crippen molar-refractivity contribution >= 4 is 21.6 Å². The molecular weight excluding hydrogens is 230 g/mol. The van der Waals surface area contributed by atoms with Crippen molar-refractivity contribution in [3.63, 3.8) is 0 Å². The van der Waals surface area contributed by atoms with Crippen LogP contribution in [0.4, 0.5) is 5.69 Å². The van der Waals surface area contributed by atoms with E-state index in [9.17, 15) is 13.2 Å². The van der Waals surface area contributed by atoms with Gasteiger partial charge in [0.25, 0.3) is 0 Å². The molecule has 1 rings (SSSR count). The number of nitrogens with two attached hydrogens (primary N) is 2. The molecular formula is C9H13N3O3S. The molecule has 0 radical (unpaired) electrons. The molecule has 0 aliphatic heterocycles. The van der Waals surface area contributed by atoms with Crippen LogP contribution in [0, 0.1) is 0 Å². The number of rotatable bonds is 4. The first-order valence-electron chi connectivity index (χ1n) is 4.49. The molecule has 1 amide bonds. The Morgan fingerprint density at radius 2 is 1.81 bits per heavy atom. The Bertz CT molecular complexity index is 481. The zero-order chi connectivity index (χ0) is 12.3. The minimum atomic E-state index is -3.68. The fourth-order valence-electron chi connectivity index (χ4n) is 1.06. The van der Waals surface area contributed by atoms with Gasteiger partial charge in [0.2, 0.25) is 15.9 Å². The summed E-state index contributed by atoms with van der Waals surface area (Å²) in [7, 11) is -3.68. The maximum absolute atomic E-state index is 11.0. The highest BCUT2D eigenvalue weighted by Gasteiger charge is 2.09. The van der Waals surface area contributed by atoms with Crippen LogP contribution in [0.25, 0.3) is 0 Å². The highest BCUT2D eigenvalue weighted by molar-refractivity contribution is 7.89. The second kappa shape index (κ2) is 4.50. The van der Waals surface area contributed by atoms with E-state index in [1.54, 1.807) is 6.92 Å². The molecule has 88 valence electrons. The minimum Gasteiger partial charge on any atom is -0.374 e. The summed E-state index contributed by atoms with van der Waals surface area (Å²) in [4.78, 5) is 10.8. The van der Waals surface area contributed by atoms with E-state index in [1.165, 1.54) is 24.3 Å². The Morgan fingerprint density at radius 1 is 1.31 bits per heavy atom. The lowest BCUT2D eigenvalue weighted by Gasteiger charge is -2.11. The van der Waals surface area contributed by atoms with Crippen molar-refractivity contribution in [1.82, 2.24) is 0 Å². The number of anilines is 1. The summed E-state index contributed by atoms with van der Waals surface area (Å²) < 4.78 is 21.9. The van der Waals surface area contributed by atoms with Crippen LogP contribution in [0.2, 0.25) is 0 Å². The maximum Gasteiger partial charge on any atom is 0.239 e. The smallest absolute Gasteiger partial charge is 0.239 e. The number of amides is 1. The van der Waals surface area contributed by atoms with Gasteiger partial charge in [-0.3, -0.25) is 4.79 Å². The third-order valence-electron chi connectivity index (χ3n) is 1.99. The summed E-state index contributed by atoms with van der Waals surface area (Å²) in [5.41, 5.74) is 5.66. The molecule has 0 aromatic heterocycles. The van der Waals surface area contributed by atoms with Gasteiger partial charge in [-0.05, 0) is 31.2 Å². The van der Waals surface area contributed by atoms with E-state index in [0.29, 0.717) is 5.69 Å². The molecule has 0 aliphatic carbocycles. The predicted molar refractivity (Wildman–Crippen MR) is 60.1 cm³/mol. The van der Waals surface area contributed by atoms with Gasteiger partial charge in [0, 0.05) is 5.69 Å². The van der Waals surface area contributed by atoms with Crippen molar-refractivity contribution in [2.75, 3.05) is 5.32 Å². The Kier molecular flexibility index (Phi) is 3.51. The maximum atomic E-state index is 11.0. The molecule has 6 nitrogen and oxygen atoms in total. The summed E-state index contributed by atoms with van der Waals surface area (Å²) >= 11 is 0. The zero-order valence-corrected chi connectivity index (χ0v) is 9.49. The topological polar surface area (TPSA) is 115 Å². The van der Waals surface area contributed by atoms with Crippen molar-refractivity contribution in [3.8, 4) is 0 Å². The van der Waals surface area contributed by atoms with E-state index in [1.807, 2.05) is 0 Å². The molecule has 0 saturated carbocycles.